The molecular weight excluding hydrogens is 202 g/mol. The van der Waals surface area contributed by atoms with E-state index < -0.39 is 16.7 Å². The Bertz CT molecular complexity index is 148. The summed E-state index contributed by atoms with van der Waals surface area (Å²) in [7, 11) is 0. The van der Waals surface area contributed by atoms with Gasteiger partial charge in [-0.05, 0) is 6.42 Å². The summed E-state index contributed by atoms with van der Waals surface area (Å²) >= 11 is 2.86. The van der Waals surface area contributed by atoms with E-state index in [2.05, 4.69) is 15.9 Å². The largest absolute Gasteiger partial charge is 0.480 e. The first-order chi connectivity index (χ1) is 4.54. The predicted octanol–water partition coefficient (Wildman–Crippen LogP) is 0.1000. The maximum Gasteiger partial charge on any atom is 0.317 e. The van der Waals surface area contributed by atoms with Crippen molar-refractivity contribution in [3.8, 4) is 0 Å². The van der Waals surface area contributed by atoms with Crippen molar-refractivity contribution in [2.75, 3.05) is 0 Å². The van der Waals surface area contributed by atoms with E-state index in [4.69, 9.17) is 10.8 Å². The monoisotopic (exact) mass is 209 g/mol. The number of halogens is 1. The molecule has 0 aromatic carbocycles. The van der Waals surface area contributed by atoms with Gasteiger partial charge in [0.25, 0.3) is 0 Å². The van der Waals surface area contributed by atoms with Gasteiger partial charge in [-0.1, -0.05) is 15.9 Å². The lowest BCUT2D eigenvalue weighted by Crippen LogP contribution is -2.17. The van der Waals surface area contributed by atoms with Gasteiger partial charge in [-0.2, -0.15) is 0 Å². The third kappa shape index (κ3) is 4.31. The van der Waals surface area contributed by atoms with Crippen molar-refractivity contribution in [3.05, 3.63) is 0 Å². The highest BCUT2D eigenvalue weighted by molar-refractivity contribution is 9.10. The number of alkyl halides is 1. The topological polar surface area (TPSA) is 80.4 Å². The Morgan fingerprint density at radius 3 is 2.40 bits per heavy atom. The third-order valence-electron chi connectivity index (χ3n) is 0.912. The molecule has 0 spiro atoms. The van der Waals surface area contributed by atoms with Crippen LogP contribution in [0, 0.1) is 0 Å². The van der Waals surface area contributed by atoms with Crippen LogP contribution in [0.5, 0.6) is 0 Å². The van der Waals surface area contributed by atoms with E-state index in [9.17, 15) is 9.59 Å². The zero-order chi connectivity index (χ0) is 8.15. The predicted molar refractivity (Wildman–Crippen MR) is 38.8 cm³/mol. The van der Waals surface area contributed by atoms with Gasteiger partial charge >= 0.3 is 5.97 Å². The number of rotatable bonds is 4. The molecule has 0 rings (SSSR count). The second-order valence-electron chi connectivity index (χ2n) is 1.81. The molecule has 0 aliphatic heterocycles. The minimum Gasteiger partial charge on any atom is -0.480 e. The smallest absolute Gasteiger partial charge is 0.317 e. The third-order valence-corrected chi connectivity index (χ3v) is 1.76. The summed E-state index contributed by atoms with van der Waals surface area (Å²) in [6.45, 7) is 0. The van der Waals surface area contributed by atoms with Crippen LogP contribution < -0.4 is 5.73 Å². The van der Waals surface area contributed by atoms with E-state index in [-0.39, 0.29) is 12.8 Å². The van der Waals surface area contributed by atoms with Gasteiger partial charge in [0, 0.05) is 6.42 Å². The Hall–Kier alpha value is -0.580. The Kier molecular flexibility index (Phi) is 4.02. The molecule has 1 unspecified atom stereocenters. The van der Waals surface area contributed by atoms with E-state index in [0.717, 1.165) is 0 Å². The Morgan fingerprint density at radius 1 is 1.60 bits per heavy atom. The molecule has 0 bridgehead atoms. The quantitative estimate of drug-likeness (QED) is 0.645. The number of amides is 1. The zero-order valence-electron chi connectivity index (χ0n) is 5.21. The number of nitrogens with two attached hydrogens (primary N) is 1. The minimum absolute atomic E-state index is 0.0994. The van der Waals surface area contributed by atoms with Gasteiger partial charge in [-0.15, -0.1) is 0 Å². The van der Waals surface area contributed by atoms with Crippen molar-refractivity contribution in [2.45, 2.75) is 17.7 Å². The van der Waals surface area contributed by atoms with Crippen LogP contribution in [0.25, 0.3) is 0 Å². The summed E-state index contributed by atoms with van der Waals surface area (Å²) in [5.74, 6) is -1.45. The number of carboxylic acids is 1. The molecule has 0 aromatic rings. The Morgan fingerprint density at radius 2 is 2.10 bits per heavy atom. The average Bonchev–Trinajstić information content (AvgIpc) is 1.82. The first kappa shape index (κ1) is 9.42. The normalized spacial score (nSPS) is 12.5. The van der Waals surface area contributed by atoms with Gasteiger partial charge in [0.15, 0.2) is 0 Å². The van der Waals surface area contributed by atoms with Crippen molar-refractivity contribution in [1.82, 2.24) is 0 Å². The maximum atomic E-state index is 10.1. The lowest BCUT2D eigenvalue weighted by atomic mass is 10.2. The molecule has 1 atom stereocenters. The Labute approximate surface area is 66.5 Å². The van der Waals surface area contributed by atoms with Crippen LogP contribution in [0.3, 0.4) is 0 Å². The molecule has 4 nitrogen and oxygen atoms in total. The first-order valence-electron chi connectivity index (χ1n) is 2.69. The molecule has 58 valence electrons. The fourth-order valence-corrected chi connectivity index (χ4v) is 0.621. The molecule has 0 aliphatic carbocycles. The summed E-state index contributed by atoms with van der Waals surface area (Å²) in [6.07, 6.45) is 0.340. The highest BCUT2D eigenvalue weighted by Gasteiger charge is 2.12. The summed E-state index contributed by atoms with van der Waals surface area (Å²) < 4.78 is 0. The van der Waals surface area contributed by atoms with Gasteiger partial charge < -0.3 is 10.8 Å². The minimum atomic E-state index is -0.971. The molecule has 0 radical (unpaired) electrons. The summed E-state index contributed by atoms with van der Waals surface area (Å²) in [4.78, 5) is 19.6. The number of hydrogen-bond acceptors (Lipinski definition) is 2. The second-order valence-corrected chi connectivity index (χ2v) is 2.92. The molecule has 0 aromatic heterocycles. The number of hydrogen-bond donors (Lipinski definition) is 2. The van der Waals surface area contributed by atoms with Crippen molar-refractivity contribution >= 4 is 27.8 Å². The molecule has 0 saturated heterocycles. The average molecular weight is 210 g/mol. The second kappa shape index (κ2) is 4.27. The summed E-state index contributed by atoms with van der Waals surface area (Å²) in [5.41, 5.74) is 4.79. The van der Waals surface area contributed by atoms with Gasteiger partial charge in [0.2, 0.25) is 5.91 Å². The van der Waals surface area contributed by atoms with Gasteiger partial charge in [-0.3, -0.25) is 9.59 Å². The van der Waals surface area contributed by atoms with Crippen LogP contribution in [0.4, 0.5) is 0 Å². The number of primary amides is 1. The molecule has 1 amide bonds. The van der Waals surface area contributed by atoms with Crippen molar-refractivity contribution in [1.29, 1.82) is 0 Å². The van der Waals surface area contributed by atoms with Crippen LogP contribution in [0.15, 0.2) is 0 Å². The van der Waals surface area contributed by atoms with Gasteiger partial charge in [0.1, 0.15) is 4.83 Å². The van der Waals surface area contributed by atoms with E-state index in [1.54, 1.807) is 0 Å². The van der Waals surface area contributed by atoms with Crippen LogP contribution in [0.2, 0.25) is 0 Å². The van der Waals surface area contributed by atoms with Crippen LogP contribution in [-0.2, 0) is 9.59 Å². The van der Waals surface area contributed by atoms with Crippen molar-refractivity contribution in [2.24, 2.45) is 5.73 Å². The molecule has 10 heavy (non-hydrogen) atoms. The molecular formula is C5H8BrNO3. The van der Waals surface area contributed by atoms with E-state index in [1.165, 1.54) is 0 Å². The SMILES string of the molecule is NC(=O)CCC(Br)C(=O)O. The zero-order valence-corrected chi connectivity index (χ0v) is 6.80. The highest BCUT2D eigenvalue weighted by atomic mass is 79.9. The van der Waals surface area contributed by atoms with Gasteiger partial charge in [-0.25, -0.2) is 0 Å². The van der Waals surface area contributed by atoms with E-state index >= 15 is 0 Å². The lowest BCUT2D eigenvalue weighted by Gasteiger charge is -1.99. The van der Waals surface area contributed by atoms with Crippen molar-refractivity contribution < 1.29 is 14.7 Å². The fraction of sp³-hybridized carbons (Fsp3) is 0.600. The number of carboxylic acid groups (broad SMARTS) is 1. The summed E-state index contributed by atoms with van der Waals surface area (Å²) in [5, 5.41) is 8.30. The summed E-state index contributed by atoms with van der Waals surface area (Å²) in [6, 6.07) is 0. The number of aliphatic carboxylic acids is 1. The van der Waals surface area contributed by atoms with Crippen LogP contribution in [0.1, 0.15) is 12.8 Å². The highest BCUT2D eigenvalue weighted by Crippen LogP contribution is 2.06. The molecule has 3 N–H and O–H groups in total. The fourth-order valence-electron chi connectivity index (χ4n) is 0.392. The first-order valence-corrected chi connectivity index (χ1v) is 3.60. The lowest BCUT2D eigenvalue weighted by molar-refractivity contribution is -0.136. The van der Waals surface area contributed by atoms with Crippen LogP contribution in [-0.4, -0.2) is 21.8 Å². The number of carbonyl (C=O) groups excluding carboxylic acids is 1. The maximum absolute atomic E-state index is 10.1. The van der Waals surface area contributed by atoms with Crippen molar-refractivity contribution in [3.63, 3.8) is 0 Å². The van der Waals surface area contributed by atoms with Gasteiger partial charge in [0.05, 0.1) is 0 Å². The molecule has 0 heterocycles. The molecule has 0 aliphatic rings. The molecule has 5 heteroatoms. The standard InChI is InChI=1S/C5H8BrNO3/c6-3(5(9)10)1-2-4(7)8/h3H,1-2H2,(H2,7,8)(H,9,10). The van der Waals surface area contributed by atoms with E-state index in [0.29, 0.717) is 0 Å². The number of carbonyl (C=O) groups is 2. The molecule has 0 saturated carbocycles. The molecule has 0 fully saturated rings. The Balaban J connectivity index is 3.49. The van der Waals surface area contributed by atoms with Crippen LogP contribution >= 0.6 is 15.9 Å². The van der Waals surface area contributed by atoms with E-state index in [1.807, 2.05) is 0 Å².